The molecule has 0 bridgehead atoms. The highest BCUT2D eigenvalue weighted by Crippen LogP contribution is 2.31. The van der Waals surface area contributed by atoms with Gasteiger partial charge in [-0.1, -0.05) is 0 Å². The van der Waals surface area contributed by atoms with Gasteiger partial charge >= 0.3 is 0 Å². The zero-order chi connectivity index (χ0) is 19.1. The third kappa shape index (κ3) is 5.31. The van der Waals surface area contributed by atoms with Crippen molar-refractivity contribution in [2.24, 2.45) is 11.8 Å². The van der Waals surface area contributed by atoms with Gasteiger partial charge in [-0.3, -0.25) is 14.4 Å². The maximum Gasteiger partial charge on any atom is 0.227 e. The molecule has 0 spiro atoms. The monoisotopic (exact) mass is 359 g/mol. The van der Waals surface area contributed by atoms with Crippen LogP contribution in [0.15, 0.2) is 24.3 Å². The first-order valence-electron chi connectivity index (χ1n) is 9.41. The highest BCUT2D eigenvalue weighted by Gasteiger charge is 2.31. The molecule has 1 aliphatic carbocycles. The lowest BCUT2D eigenvalue weighted by molar-refractivity contribution is -0.137. The Labute approximate surface area is 155 Å². The molecule has 26 heavy (non-hydrogen) atoms. The average Bonchev–Trinajstić information content (AvgIpc) is 2.64. The van der Waals surface area contributed by atoms with Gasteiger partial charge in [0.25, 0.3) is 0 Å². The summed E-state index contributed by atoms with van der Waals surface area (Å²) in [5.41, 5.74) is 1.41. The molecule has 0 aliphatic heterocycles. The van der Waals surface area contributed by atoms with E-state index in [4.69, 9.17) is 0 Å². The molecule has 6 heteroatoms. The minimum Gasteiger partial charge on any atom is -0.343 e. The van der Waals surface area contributed by atoms with Gasteiger partial charge in [0.1, 0.15) is 0 Å². The minimum atomic E-state index is -0.127. The van der Waals surface area contributed by atoms with Crippen molar-refractivity contribution in [2.45, 2.75) is 46.5 Å². The molecule has 1 fully saturated rings. The second-order valence-electron chi connectivity index (χ2n) is 6.81. The summed E-state index contributed by atoms with van der Waals surface area (Å²) in [6.07, 6.45) is 3.03. The molecule has 0 atom stereocenters. The summed E-state index contributed by atoms with van der Waals surface area (Å²) in [5.74, 6) is 0.105. The second kappa shape index (κ2) is 9.36. The number of rotatable bonds is 6. The van der Waals surface area contributed by atoms with Crippen LogP contribution in [0.4, 0.5) is 11.4 Å². The topological polar surface area (TPSA) is 78.5 Å². The number of amides is 3. The largest absolute Gasteiger partial charge is 0.343 e. The zero-order valence-electron chi connectivity index (χ0n) is 15.9. The summed E-state index contributed by atoms with van der Waals surface area (Å²) in [4.78, 5) is 37.8. The SMILES string of the molecule is CCN(CC)C(=O)C1CCC(C(=O)Nc2ccc(NC(C)=O)cc2)CC1. The molecule has 1 aromatic carbocycles. The van der Waals surface area contributed by atoms with Gasteiger partial charge in [0.05, 0.1) is 0 Å². The van der Waals surface area contributed by atoms with Crippen LogP contribution in [0.1, 0.15) is 46.5 Å². The van der Waals surface area contributed by atoms with Crippen molar-refractivity contribution in [1.82, 2.24) is 4.90 Å². The smallest absolute Gasteiger partial charge is 0.227 e. The van der Waals surface area contributed by atoms with Crippen LogP contribution in [0.25, 0.3) is 0 Å². The molecule has 2 rings (SSSR count). The first kappa shape index (κ1) is 19.9. The highest BCUT2D eigenvalue weighted by atomic mass is 16.2. The lowest BCUT2D eigenvalue weighted by Crippen LogP contribution is -2.38. The van der Waals surface area contributed by atoms with Crippen molar-refractivity contribution < 1.29 is 14.4 Å². The Balaban J connectivity index is 1.84. The molecule has 6 nitrogen and oxygen atoms in total. The van der Waals surface area contributed by atoms with Gasteiger partial charge in [0, 0.05) is 43.2 Å². The predicted molar refractivity (Wildman–Crippen MR) is 103 cm³/mol. The van der Waals surface area contributed by atoms with E-state index in [1.165, 1.54) is 6.92 Å². The van der Waals surface area contributed by atoms with Gasteiger partial charge in [0.15, 0.2) is 0 Å². The van der Waals surface area contributed by atoms with Crippen molar-refractivity contribution in [3.63, 3.8) is 0 Å². The summed E-state index contributed by atoms with van der Waals surface area (Å²) in [5, 5.41) is 5.63. The molecular weight excluding hydrogens is 330 g/mol. The fraction of sp³-hybridized carbons (Fsp3) is 0.550. The molecule has 0 unspecified atom stereocenters. The Morgan fingerprint density at radius 3 is 1.81 bits per heavy atom. The predicted octanol–water partition coefficient (Wildman–Crippen LogP) is 3.26. The van der Waals surface area contributed by atoms with E-state index in [1.54, 1.807) is 24.3 Å². The van der Waals surface area contributed by atoms with Gasteiger partial charge in [-0.2, -0.15) is 0 Å². The second-order valence-corrected chi connectivity index (χ2v) is 6.81. The number of hydrogen-bond donors (Lipinski definition) is 2. The van der Waals surface area contributed by atoms with Crippen LogP contribution >= 0.6 is 0 Å². The Kier molecular flexibility index (Phi) is 7.18. The third-order valence-corrected chi connectivity index (χ3v) is 5.00. The Bertz CT molecular complexity index is 630. The lowest BCUT2D eigenvalue weighted by Gasteiger charge is -2.30. The quantitative estimate of drug-likeness (QED) is 0.818. The number of benzene rings is 1. The van der Waals surface area contributed by atoms with E-state index in [0.29, 0.717) is 11.4 Å². The summed E-state index contributed by atoms with van der Waals surface area (Å²) in [7, 11) is 0. The fourth-order valence-electron chi connectivity index (χ4n) is 3.48. The fourth-order valence-corrected chi connectivity index (χ4v) is 3.48. The zero-order valence-corrected chi connectivity index (χ0v) is 15.9. The number of carbonyl (C=O) groups excluding carboxylic acids is 3. The molecule has 0 saturated heterocycles. The van der Waals surface area contributed by atoms with Gasteiger partial charge in [-0.15, -0.1) is 0 Å². The van der Waals surface area contributed by atoms with Crippen molar-refractivity contribution in [2.75, 3.05) is 23.7 Å². The number of hydrogen-bond acceptors (Lipinski definition) is 3. The van der Waals surface area contributed by atoms with Crippen LogP contribution in [-0.2, 0) is 14.4 Å². The normalized spacial score (nSPS) is 19.5. The van der Waals surface area contributed by atoms with E-state index >= 15 is 0 Å². The maximum absolute atomic E-state index is 12.5. The lowest BCUT2D eigenvalue weighted by atomic mass is 9.81. The van der Waals surface area contributed by atoms with E-state index in [-0.39, 0.29) is 29.6 Å². The van der Waals surface area contributed by atoms with Crippen LogP contribution in [0.5, 0.6) is 0 Å². The minimum absolute atomic E-state index is 0.00557. The average molecular weight is 359 g/mol. The standard InChI is InChI=1S/C20H29N3O3/c1-4-23(5-2)20(26)16-8-6-15(7-9-16)19(25)22-18-12-10-17(11-13-18)21-14(3)24/h10-13,15-16H,4-9H2,1-3H3,(H,21,24)(H,22,25). The summed E-state index contributed by atoms with van der Waals surface area (Å²) < 4.78 is 0. The van der Waals surface area contributed by atoms with Crippen molar-refractivity contribution in [3.8, 4) is 0 Å². The molecule has 1 aromatic rings. The summed E-state index contributed by atoms with van der Waals surface area (Å²) in [6, 6.07) is 7.07. The molecule has 0 heterocycles. The summed E-state index contributed by atoms with van der Waals surface area (Å²) >= 11 is 0. The molecule has 0 radical (unpaired) electrons. The molecule has 0 aromatic heterocycles. The molecule has 142 valence electrons. The summed E-state index contributed by atoms with van der Waals surface area (Å²) in [6.45, 7) is 6.93. The van der Waals surface area contributed by atoms with Gasteiger partial charge in [-0.25, -0.2) is 0 Å². The van der Waals surface area contributed by atoms with E-state index in [0.717, 1.165) is 38.8 Å². The van der Waals surface area contributed by atoms with E-state index in [1.807, 2.05) is 18.7 Å². The molecule has 3 amide bonds. The van der Waals surface area contributed by atoms with Crippen LogP contribution in [0, 0.1) is 11.8 Å². The molecule has 1 aliphatic rings. The first-order chi connectivity index (χ1) is 12.4. The van der Waals surface area contributed by atoms with E-state index in [9.17, 15) is 14.4 Å². The van der Waals surface area contributed by atoms with E-state index < -0.39 is 0 Å². The maximum atomic E-state index is 12.5. The molecule has 1 saturated carbocycles. The van der Waals surface area contributed by atoms with Gasteiger partial charge in [-0.05, 0) is 63.8 Å². The van der Waals surface area contributed by atoms with Gasteiger partial charge in [0.2, 0.25) is 17.7 Å². The van der Waals surface area contributed by atoms with Crippen LogP contribution in [0.2, 0.25) is 0 Å². The van der Waals surface area contributed by atoms with Crippen LogP contribution in [-0.4, -0.2) is 35.7 Å². The molecule has 2 N–H and O–H groups in total. The number of anilines is 2. The van der Waals surface area contributed by atoms with Crippen molar-refractivity contribution in [1.29, 1.82) is 0 Å². The van der Waals surface area contributed by atoms with Crippen LogP contribution < -0.4 is 10.6 Å². The Morgan fingerprint density at radius 2 is 1.35 bits per heavy atom. The molecular formula is C20H29N3O3. The number of nitrogens with one attached hydrogen (secondary N) is 2. The van der Waals surface area contributed by atoms with Gasteiger partial charge < -0.3 is 15.5 Å². The van der Waals surface area contributed by atoms with Crippen LogP contribution in [0.3, 0.4) is 0 Å². The Hall–Kier alpha value is -2.37. The van der Waals surface area contributed by atoms with Crippen molar-refractivity contribution in [3.05, 3.63) is 24.3 Å². The Morgan fingerprint density at radius 1 is 0.885 bits per heavy atom. The third-order valence-electron chi connectivity index (χ3n) is 5.00. The van der Waals surface area contributed by atoms with E-state index in [2.05, 4.69) is 10.6 Å². The number of carbonyl (C=O) groups is 3. The number of nitrogens with zero attached hydrogens (tertiary/aromatic N) is 1. The first-order valence-corrected chi connectivity index (χ1v) is 9.41. The van der Waals surface area contributed by atoms with Crippen molar-refractivity contribution >= 4 is 29.1 Å². The highest BCUT2D eigenvalue weighted by molar-refractivity contribution is 5.93.